The third-order valence-corrected chi connectivity index (χ3v) is 5.62. The summed E-state index contributed by atoms with van der Waals surface area (Å²) in [5.41, 5.74) is 1.64. The molecule has 0 unspecified atom stereocenters. The summed E-state index contributed by atoms with van der Waals surface area (Å²) >= 11 is 1.38. The minimum atomic E-state index is -0.223. The zero-order valence-electron chi connectivity index (χ0n) is 17.2. The van der Waals surface area contributed by atoms with Gasteiger partial charge >= 0.3 is 0 Å². The first kappa shape index (κ1) is 20.9. The summed E-state index contributed by atoms with van der Waals surface area (Å²) in [6, 6.07) is 17.6. The number of carbonyl (C=O) groups is 1. The van der Waals surface area contributed by atoms with Gasteiger partial charge < -0.3 is 10.1 Å². The largest absolute Gasteiger partial charge is 0.497 e. The van der Waals surface area contributed by atoms with Crippen molar-refractivity contribution in [2.75, 3.05) is 12.9 Å². The first-order chi connectivity index (χ1) is 13.9. The highest BCUT2D eigenvalue weighted by atomic mass is 32.2. The standard InChI is InChI=1S/C22H26N4O2S/c1-5-22(2,3)23-19(27)15-29-21-25-24-20(16-11-13-18(28-4)14-12-16)26(21)17-9-7-6-8-10-17/h6-14H,5,15H2,1-4H3,(H,23,27). The number of rotatable bonds is 8. The zero-order valence-corrected chi connectivity index (χ0v) is 18.0. The highest BCUT2D eigenvalue weighted by molar-refractivity contribution is 7.99. The Bertz CT molecular complexity index is 953. The van der Waals surface area contributed by atoms with Crippen molar-refractivity contribution in [2.45, 2.75) is 37.9 Å². The van der Waals surface area contributed by atoms with Crippen LogP contribution in [0.3, 0.4) is 0 Å². The molecule has 0 saturated heterocycles. The van der Waals surface area contributed by atoms with E-state index >= 15 is 0 Å². The van der Waals surface area contributed by atoms with Crippen LogP contribution in [0, 0.1) is 0 Å². The summed E-state index contributed by atoms with van der Waals surface area (Å²) in [4.78, 5) is 12.4. The lowest BCUT2D eigenvalue weighted by Gasteiger charge is -2.24. The minimum Gasteiger partial charge on any atom is -0.497 e. The van der Waals surface area contributed by atoms with Crippen molar-refractivity contribution in [3.63, 3.8) is 0 Å². The predicted octanol–water partition coefficient (Wildman–Crippen LogP) is 4.34. The van der Waals surface area contributed by atoms with Crippen LogP contribution < -0.4 is 10.1 Å². The Morgan fingerprint density at radius 2 is 1.79 bits per heavy atom. The van der Waals surface area contributed by atoms with Crippen LogP contribution in [0.15, 0.2) is 59.8 Å². The molecule has 152 valence electrons. The number of methoxy groups -OCH3 is 1. The SMILES string of the molecule is CCC(C)(C)NC(=O)CSc1nnc(-c2ccc(OC)cc2)n1-c1ccccc1. The summed E-state index contributed by atoms with van der Waals surface area (Å²) in [7, 11) is 1.64. The van der Waals surface area contributed by atoms with Crippen LogP contribution in [-0.4, -0.2) is 39.1 Å². The zero-order chi connectivity index (χ0) is 20.9. The fourth-order valence-corrected chi connectivity index (χ4v) is 3.48. The fourth-order valence-electron chi connectivity index (χ4n) is 2.73. The molecule has 1 N–H and O–H groups in total. The van der Waals surface area contributed by atoms with Crippen LogP contribution >= 0.6 is 11.8 Å². The number of benzene rings is 2. The number of carbonyl (C=O) groups excluding carboxylic acids is 1. The molecule has 2 aromatic carbocycles. The normalized spacial score (nSPS) is 11.3. The van der Waals surface area contributed by atoms with Crippen LogP contribution in [0.25, 0.3) is 17.1 Å². The molecule has 0 fully saturated rings. The molecule has 1 amide bonds. The van der Waals surface area contributed by atoms with Crippen molar-refractivity contribution in [3.05, 3.63) is 54.6 Å². The van der Waals surface area contributed by atoms with Gasteiger partial charge in [0.05, 0.1) is 12.9 Å². The topological polar surface area (TPSA) is 69.0 Å². The number of amides is 1. The summed E-state index contributed by atoms with van der Waals surface area (Å²) in [5, 5.41) is 12.5. The highest BCUT2D eigenvalue weighted by Gasteiger charge is 2.20. The summed E-state index contributed by atoms with van der Waals surface area (Å²) in [5.74, 6) is 1.76. The number of aromatic nitrogens is 3. The van der Waals surface area contributed by atoms with E-state index in [9.17, 15) is 4.79 Å². The third kappa shape index (κ3) is 5.17. The molecule has 1 heterocycles. The molecular weight excluding hydrogens is 384 g/mol. The van der Waals surface area contributed by atoms with Crippen molar-refractivity contribution < 1.29 is 9.53 Å². The van der Waals surface area contributed by atoms with Crippen molar-refractivity contribution in [1.82, 2.24) is 20.1 Å². The van der Waals surface area contributed by atoms with Gasteiger partial charge in [0.15, 0.2) is 11.0 Å². The lowest BCUT2D eigenvalue weighted by atomic mass is 10.0. The number of nitrogens with one attached hydrogen (secondary N) is 1. The Morgan fingerprint density at radius 3 is 2.41 bits per heavy atom. The number of para-hydroxylation sites is 1. The summed E-state index contributed by atoms with van der Waals surface area (Å²) in [6.45, 7) is 6.09. The van der Waals surface area contributed by atoms with E-state index in [0.29, 0.717) is 5.16 Å². The first-order valence-corrected chi connectivity index (χ1v) is 10.5. The van der Waals surface area contributed by atoms with Gasteiger partial charge in [-0.25, -0.2) is 0 Å². The van der Waals surface area contributed by atoms with Crippen molar-refractivity contribution in [3.8, 4) is 22.8 Å². The van der Waals surface area contributed by atoms with Crippen molar-refractivity contribution >= 4 is 17.7 Å². The average molecular weight is 411 g/mol. The number of thioether (sulfide) groups is 1. The smallest absolute Gasteiger partial charge is 0.230 e. The van der Waals surface area contributed by atoms with E-state index in [2.05, 4.69) is 22.4 Å². The first-order valence-electron chi connectivity index (χ1n) is 9.52. The maximum Gasteiger partial charge on any atom is 0.230 e. The van der Waals surface area contributed by atoms with Crippen LogP contribution in [-0.2, 0) is 4.79 Å². The fraction of sp³-hybridized carbons (Fsp3) is 0.318. The quantitative estimate of drug-likeness (QED) is 0.560. The molecule has 0 radical (unpaired) electrons. The molecule has 0 aliphatic heterocycles. The van der Waals surface area contributed by atoms with Gasteiger partial charge in [-0.1, -0.05) is 36.9 Å². The number of nitrogens with zero attached hydrogens (tertiary/aromatic N) is 3. The molecule has 0 aliphatic carbocycles. The third-order valence-electron chi connectivity index (χ3n) is 4.69. The number of ether oxygens (including phenoxy) is 1. The molecule has 7 heteroatoms. The molecule has 0 saturated carbocycles. The molecule has 29 heavy (non-hydrogen) atoms. The molecule has 3 rings (SSSR count). The van der Waals surface area contributed by atoms with Gasteiger partial charge in [-0.2, -0.15) is 0 Å². The highest BCUT2D eigenvalue weighted by Crippen LogP contribution is 2.29. The van der Waals surface area contributed by atoms with E-state index < -0.39 is 0 Å². The Kier molecular flexibility index (Phi) is 6.59. The molecule has 1 aromatic heterocycles. The molecule has 3 aromatic rings. The Hall–Kier alpha value is -2.80. The molecule has 0 aliphatic rings. The Morgan fingerprint density at radius 1 is 1.10 bits per heavy atom. The van der Waals surface area contributed by atoms with Gasteiger partial charge in [0.2, 0.25) is 5.91 Å². The van der Waals surface area contributed by atoms with Crippen molar-refractivity contribution in [1.29, 1.82) is 0 Å². The van der Waals surface area contributed by atoms with Crippen LogP contribution in [0.2, 0.25) is 0 Å². The Balaban J connectivity index is 1.89. The number of hydrogen-bond acceptors (Lipinski definition) is 5. The second kappa shape index (κ2) is 9.13. The van der Waals surface area contributed by atoms with Crippen molar-refractivity contribution in [2.24, 2.45) is 0 Å². The lowest BCUT2D eigenvalue weighted by molar-refractivity contribution is -0.120. The van der Waals surface area contributed by atoms with E-state index in [0.717, 1.165) is 29.2 Å². The maximum atomic E-state index is 12.4. The molecule has 0 bridgehead atoms. The summed E-state index contributed by atoms with van der Waals surface area (Å²) < 4.78 is 7.22. The van der Waals surface area contributed by atoms with E-state index in [1.54, 1.807) is 7.11 Å². The molecule has 0 atom stereocenters. The number of hydrogen-bond donors (Lipinski definition) is 1. The second-order valence-corrected chi connectivity index (χ2v) is 8.22. The van der Waals surface area contributed by atoms with E-state index in [-0.39, 0.29) is 17.2 Å². The van der Waals surface area contributed by atoms with E-state index in [4.69, 9.17) is 4.74 Å². The maximum absolute atomic E-state index is 12.4. The predicted molar refractivity (Wildman–Crippen MR) is 117 cm³/mol. The van der Waals surface area contributed by atoms with E-state index in [1.165, 1.54) is 11.8 Å². The van der Waals surface area contributed by atoms with Gasteiger partial charge in [-0.3, -0.25) is 9.36 Å². The van der Waals surface area contributed by atoms with Gasteiger partial charge in [0, 0.05) is 16.8 Å². The monoisotopic (exact) mass is 410 g/mol. The van der Waals surface area contributed by atoms with E-state index in [1.807, 2.05) is 73.0 Å². The van der Waals surface area contributed by atoms with Gasteiger partial charge in [0.1, 0.15) is 5.75 Å². The molecular formula is C22H26N4O2S. The average Bonchev–Trinajstić information content (AvgIpc) is 3.16. The van der Waals surface area contributed by atoms with Crippen LogP contribution in [0.4, 0.5) is 0 Å². The van der Waals surface area contributed by atoms with Gasteiger partial charge in [0.25, 0.3) is 0 Å². The lowest BCUT2D eigenvalue weighted by Crippen LogP contribution is -2.43. The summed E-state index contributed by atoms with van der Waals surface area (Å²) in [6.07, 6.45) is 0.866. The van der Waals surface area contributed by atoms with Gasteiger partial charge in [-0.15, -0.1) is 10.2 Å². The molecule has 6 nitrogen and oxygen atoms in total. The molecule has 0 spiro atoms. The Labute approximate surface area is 175 Å². The second-order valence-electron chi connectivity index (χ2n) is 7.28. The minimum absolute atomic E-state index is 0.0181. The van der Waals surface area contributed by atoms with Crippen LogP contribution in [0.1, 0.15) is 27.2 Å². The van der Waals surface area contributed by atoms with Crippen LogP contribution in [0.5, 0.6) is 5.75 Å². The van der Waals surface area contributed by atoms with Gasteiger partial charge in [-0.05, 0) is 56.7 Å².